The summed E-state index contributed by atoms with van der Waals surface area (Å²) < 4.78 is 15.3. The first-order valence-electron chi connectivity index (χ1n) is 5.74. The van der Waals surface area contributed by atoms with Gasteiger partial charge >= 0.3 is 5.97 Å². The van der Waals surface area contributed by atoms with E-state index in [1.807, 2.05) is 0 Å². The van der Waals surface area contributed by atoms with Gasteiger partial charge in [-0.15, -0.1) is 0 Å². The summed E-state index contributed by atoms with van der Waals surface area (Å²) in [5.74, 6) is -1.25. The summed E-state index contributed by atoms with van der Waals surface area (Å²) in [7, 11) is 0. The molecule has 0 aliphatic carbocycles. The third-order valence-electron chi connectivity index (χ3n) is 2.95. The number of carbonyl (C=O) groups is 1. The second kappa shape index (κ2) is 4.61. The van der Waals surface area contributed by atoms with Crippen molar-refractivity contribution < 1.29 is 14.3 Å². The fraction of sp³-hybridized carbons (Fsp3) is 0. The zero-order chi connectivity index (χ0) is 14.3. The molecule has 0 amide bonds. The highest BCUT2D eigenvalue weighted by Crippen LogP contribution is 2.27. The number of halogens is 2. The smallest absolute Gasteiger partial charge is 0.337 e. The van der Waals surface area contributed by atoms with Gasteiger partial charge in [-0.2, -0.15) is 0 Å². The summed E-state index contributed by atoms with van der Waals surface area (Å²) in [5.41, 5.74) is 0.857. The number of hydrogen-bond acceptors (Lipinski definition) is 2. The van der Waals surface area contributed by atoms with Gasteiger partial charge in [0.15, 0.2) is 5.15 Å². The van der Waals surface area contributed by atoms with Crippen molar-refractivity contribution in [1.82, 2.24) is 9.38 Å². The normalized spacial score (nSPS) is 10.9. The average Bonchev–Trinajstić information content (AvgIpc) is 2.76. The van der Waals surface area contributed by atoms with Crippen LogP contribution in [0.2, 0.25) is 5.15 Å². The number of aromatic carboxylic acids is 1. The molecule has 3 aromatic rings. The van der Waals surface area contributed by atoms with Gasteiger partial charge in [0.05, 0.1) is 16.6 Å². The summed E-state index contributed by atoms with van der Waals surface area (Å²) >= 11 is 6.01. The van der Waals surface area contributed by atoms with Crippen LogP contribution in [0, 0.1) is 5.82 Å². The van der Waals surface area contributed by atoms with E-state index in [4.69, 9.17) is 16.7 Å². The Morgan fingerprint density at radius 2 is 2.00 bits per heavy atom. The Morgan fingerprint density at radius 1 is 1.25 bits per heavy atom. The van der Waals surface area contributed by atoms with Crippen molar-refractivity contribution in [2.75, 3.05) is 0 Å². The van der Waals surface area contributed by atoms with E-state index >= 15 is 0 Å². The quantitative estimate of drug-likeness (QED) is 0.786. The zero-order valence-corrected chi connectivity index (χ0v) is 10.8. The van der Waals surface area contributed by atoms with E-state index in [-0.39, 0.29) is 22.1 Å². The first-order valence-corrected chi connectivity index (χ1v) is 6.11. The lowest BCUT2D eigenvalue weighted by Gasteiger charge is -2.03. The lowest BCUT2D eigenvalue weighted by molar-refractivity contribution is 0.0696. The Kier molecular flexibility index (Phi) is 2.91. The lowest BCUT2D eigenvalue weighted by Crippen LogP contribution is -2.00. The van der Waals surface area contributed by atoms with Crippen molar-refractivity contribution in [1.29, 1.82) is 0 Å². The number of fused-ring (bicyclic) bond motifs is 1. The van der Waals surface area contributed by atoms with Gasteiger partial charge in [0.1, 0.15) is 11.6 Å². The van der Waals surface area contributed by atoms with Crippen LogP contribution in [0.1, 0.15) is 10.4 Å². The third kappa shape index (κ3) is 1.92. The van der Waals surface area contributed by atoms with Crippen LogP contribution in [0.5, 0.6) is 0 Å². The van der Waals surface area contributed by atoms with Gasteiger partial charge in [-0.3, -0.25) is 4.40 Å². The summed E-state index contributed by atoms with van der Waals surface area (Å²) in [6.07, 6.45) is 1.37. The molecular weight excluding hydrogens is 283 g/mol. The van der Waals surface area contributed by atoms with Gasteiger partial charge in [0.25, 0.3) is 0 Å². The molecule has 1 aromatic carbocycles. The first-order chi connectivity index (χ1) is 9.58. The van der Waals surface area contributed by atoms with Gasteiger partial charge in [-0.1, -0.05) is 23.7 Å². The fourth-order valence-corrected chi connectivity index (χ4v) is 2.24. The molecule has 0 radical (unpaired) electrons. The number of hydrogen-bond donors (Lipinski definition) is 1. The van der Waals surface area contributed by atoms with E-state index in [1.165, 1.54) is 22.7 Å². The highest BCUT2D eigenvalue weighted by atomic mass is 35.5. The maximum Gasteiger partial charge on any atom is 0.337 e. The predicted molar refractivity (Wildman–Crippen MR) is 72.6 cm³/mol. The molecule has 2 heterocycles. The third-order valence-corrected chi connectivity index (χ3v) is 3.23. The molecule has 0 aliphatic rings. The zero-order valence-electron chi connectivity index (χ0n) is 10.0. The van der Waals surface area contributed by atoms with Gasteiger partial charge in [0, 0.05) is 6.20 Å². The molecule has 1 N–H and O–H groups in total. The summed E-state index contributed by atoms with van der Waals surface area (Å²) in [5, 5.41) is 9.22. The molecule has 20 heavy (non-hydrogen) atoms. The molecule has 0 unspecified atom stereocenters. The SMILES string of the molecule is O=C(O)c1ccc2c(Cl)nc(-c3ccccc3F)n2c1. The molecule has 0 spiro atoms. The summed E-state index contributed by atoms with van der Waals surface area (Å²) in [6, 6.07) is 9.09. The Balaban J connectivity index is 2.33. The molecule has 0 fully saturated rings. The molecule has 2 aromatic heterocycles. The number of aromatic nitrogens is 2. The Hall–Kier alpha value is -2.40. The standard InChI is InChI=1S/C14H8ClFN2O2/c15-12-11-6-5-8(14(19)20)7-18(11)13(17-12)9-3-1-2-4-10(9)16/h1-7H,(H,19,20). The molecule has 100 valence electrons. The average molecular weight is 291 g/mol. The van der Waals surface area contributed by atoms with Gasteiger partial charge in [-0.25, -0.2) is 14.2 Å². The van der Waals surface area contributed by atoms with Crippen LogP contribution < -0.4 is 0 Å². The number of carboxylic acids is 1. The van der Waals surface area contributed by atoms with Crippen LogP contribution in [-0.4, -0.2) is 20.5 Å². The van der Waals surface area contributed by atoms with E-state index in [0.717, 1.165) is 0 Å². The van der Waals surface area contributed by atoms with Crippen LogP contribution in [-0.2, 0) is 0 Å². The Morgan fingerprint density at radius 3 is 2.70 bits per heavy atom. The summed E-state index contributed by atoms with van der Waals surface area (Å²) in [6.45, 7) is 0. The van der Waals surface area contributed by atoms with Gasteiger partial charge < -0.3 is 5.11 Å². The van der Waals surface area contributed by atoms with E-state index in [9.17, 15) is 9.18 Å². The van der Waals surface area contributed by atoms with Crippen LogP contribution in [0.25, 0.3) is 16.9 Å². The lowest BCUT2D eigenvalue weighted by atomic mass is 10.2. The van der Waals surface area contributed by atoms with Crippen LogP contribution in [0.4, 0.5) is 4.39 Å². The minimum absolute atomic E-state index is 0.0733. The highest BCUT2D eigenvalue weighted by Gasteiger charge is 2.15. The molecular formula is C14H8ClFN2O2. The number of benzene rings is 1. The van der Waals surface area contributed by atoms with E-state index in [2.05, 4.69) is 4.98 Å². The van der Waals surface area contributed by atoms with Gasteiger partial charge in [0.2, 0.25) is 0 Å². The van der Waals surface area contributed by atoms with Crippen molar-refractivity contribution in [3.63, 3.8) is 0 Å². The number of pyridine rings is 1. The number of imidazole rings is 1. The topological polar surface area (TPSA) is 54.6 Å². The molecule has 3 rings (SSSR count). The van der Waals surface area contributed by atoms with Crippen molar-refractivity contribution in [2.45, 2.75) is 0 Å². The second-order valence-corrected chi connectivity index (χ2v) is 4.54. The van der Waals surface area contributed by atoms with Gasteiger partial charge in [-0.05, 0) is 24.3 Å². The second-order valence-electron chi connectivity index (χ2n) is 4.18. The molecule has 0 saturated heterocycles. The molecule has 6 heteroatoms. The maximum absolute atomic E-state index is 13.9. The van der Waals surface area contributed by atoms with Crippen LogP contribution in [0.3, 0.4) is 0 Å². The fourth-order valence-electron chi connectivity index (χ4n) is 2.01. The van der Waals surface area contributed by atoms with Crippen molar-refractivity contribution in [2.24, 2.45) is 0 Å². The van der Waals surface area contributed by atoms with E-state index < -0.39 is 11.8 Å². The largest absolute Gasteiger partial charge is 0.478 e. The monoisotopic (exact) mass is 290 g/mol. The number of rotatable bonds is 2. The predicted octanol–water partition coefficient (Wildman–Crippen LogP) is 3.49. The molecule has 0 saturated carbocycles. The van der Waals surface area contributed by atoms with Crippen molar-refractivity contribution in [3.05, 3.63) is 59.1 Å². The van der Waals surface area contributed by atoms with E-state index in [0.29, 0.717) is 5.52 Å². The molecule has 4 nitrogen and oxygen atoms in total. The van der Waals surface area contributed by atoms with Crippen molar-refractivity contribution >= 4 is 23.1 Å². The molecule has 0 bridgehead atoms. The molecule has 0 atom stereocenters. The maximum atomic E-state index is 13.9. The minimum Gasteiger partial charge on any atom is -0.478 e. The van der Waals surface area contributed by atoms with Crippen LogP contribution in [0.15, 0.2) is 42.6 Å². The Labute approximate surface area is 118 Å². The summed E-state index contributed by atoms with van der Waals surface area (Å²) in [4.78, 5) is 15.1. The molecule has 0 aliphatic heterocycles. The number of carboxylic acid groups (broad SMARTS) is 1. The highest BCUT2D eigenvalue weighted by molar-refractivity contribution is 6.33. The van der Waals surface area contributed by atoms with Crippen LogP contribution >= 0.6 is 11.6 Å². The van der Waals surface area contributed by atoms with Crippen molar-refractivity contribution in [3.8, 4) is 11.4 Å². The van der Waals surface area contributed by atoms with E-state index in [1.54, 1.807) is 24.3 Å². The number of nitrogens with zero attached hydrogens (tertiary/aromatic N) is 2. The minimum atomic E-state index is -1.07. The first kappa shape index (κ1) is 12.6. The Bertz CT molecular complexity index is 829.